The van der Waals surface area contributed by atoms with Crippen molar-refractivity contribution < 1.29 is 4.79 Å². The van der Waals surface area contributed by atoms with Gasteiger partial charge in [0.2, 0.25) is 5.91 Å². The van der Waals surface area contributed by atoms with E-state index in [1.54, 1.807) is 25.6 Å². The van der Waals surface area contributed by atoms with Gasteiger partial charge in [0.05, 0.1) is 24.4 Å². The van der Waals surface area contributed by atoms with Crippen molar-refractivity contribution in [2.75, 3.05) is 12.4 Å². The highest BCUT2D eigenvalue weighted by Gasteiger charge is 2.07. The van der Waals surface area contributed by atoms with E-state index in [0.29, 0.717) is 6.42 Å². The predicted molar refractivity (Wildman–Crippen MR) is 78.3 cm³/mol. The van der Waals surface area contributed by atoms with Crippen LogP contribution in [0.15, 0.2) is 42.9 Å². The fraction of sp³-hybridized carbons (Fsp3) is 0.267. The smallest absolute Gasteiger partial charge is 0.224 e. The molecule has 0 fully saturated rings. The second kappa shape index (κ2) is 6.65. The molecule has 2 rings (SSSR count). The van der Waals surface area contributed by atoms with E-state index in [1.165, 1.54) is 0 Å². The second-order valence-electron chi connectivity index (χ2n) is 4.54. The second-order valence-corrected chi connectivity index (χ2v) is 4.54. The lowest BCUT2D eigenvalue weighted by Gasteiger charge is -2.14. The first-order chi connectivity index (χ1) is 9.69. The summed E-state index contributed by atoms with van der Waals surface area (Å²) >= 11 is 0. The van der Waals surface area contributed by atoms with E-state index >= 15 is 0 Å². The van der Waals surface area contributed by atoms with E-state index in [1.807, 2.05) is 31.2 Å². The summed E-state index contributed by atoms with van der Waals surface area (Å²) in [5.41, 5.74) is 2.87. The van der Waals surface area contributed by atoms with Crippen molar-refractivity contribution in [3.63, 3.8) is 0 Å². The molecule has 2 aromatic rings. The van der Waals surface area contributed by atoms with Gasteiger partial charge in [-0.05, 0) is 24.6 Å². The molecule has 1 heterocycles. The van der Waals surface area contributed by atoms with Crippen LogP contribution < -0.4 is 10.6 Å². The van der Waals surface area contributed by atoms with Crippen LogP contribution in [0.2, 0.25) is 0 Å². The van der Waals surface area contributed by atoms with Gasteiger partial charge in [0.15, 0.2) is 0 Å². The molecule has 0 aliphatic heterocycles. The van der Waals surface area contributed by atoms with Crippen molar-refractivity contribution in [1.82, 2.24) is 15.3 Å². The molecule has 0 aliphatic rings. The molecule has 0 saturated carbocycles. The fourth-order valence-corrected chi connectivity index (χ4v) is 1.85. The molecule has 0 radical (unpaired) electrons. The summed E-state index contributed by atoms with van der Waals surface area (Å²) < 4.78 is 0. The van der Waals surface area contributed by atoms with E-state index < -0.39 is 0 Å². The topological polar surface area (TPSA) is 66.9 Å². The van der Waals surface area contributed by atoms with Crippen molar-refractivity contribution in [2.24, 2.45) is 0 Å². The lowest BCUT2D eigenvalue weighted by atomic mass is 10.1. The number of aromatic nitrogens is 2. The molecule has 0 aliphatic carbocycles. The van der Waals surface area contributed by atoms with E-state index in [2.05, 4.69) is 20.6 Å². The lowest BCUT2D eigenvalue weighted by molar-refractivity contribution is -0.119. The van der Waals surface area contributed by atoms with E-state index in [9.17, 15) is 4.79 Å². The average Bonchev–Trinajstić information content (AvgIpc) is 2.50. The SMILES string of the molecule is CNC(=O)Cc1ccc(NC(C)c2cnccn2)cc1. The number of rotatable bonds is 5. The van der Waals surface area contributed by atoms with Crippen molar-refractivity contribution in [2.45, 2.75) is 19.4 Å². The van der Waals surface area contributed by atoms with Crippen molar-refractivity contribution in [1.29, 1.82) is 0 Å². The number of hydrogen-bond donors (Lipinski definition) is 2. The molecule has 1 atom stereocenters. The van der Waals surface area contributed by atoms with Crippen LogP contribution in [0.4, 0.5) is 5.69 Å². The van der Waals surface area contributed by atoms with Crippen molar-refractivity contribution in [3.8, 4) is 0 Å². The summed E-state index contributed by atoms with van der Waals surface area (Å²) in [5.74, 6) is 0.0126. The first-order valence-electron chi connectivity index (χ1n) is 6.51. The Labute approximate surface area is 118 Å². The van der Waals surface area contributed by atoms with E-state index in [0.717, 1.165) is 16.9 Å². The Hall–Kier alpha value is -2.43. The maximum absolute atomic E-state index is 11.3. The summed E-state index contributed by atoms with van der Waals surface area (Å²) in [6.45, 7) is 2.03. The predicted octanol–water partition coefficient (Wildman–Crippen LogP) is 1.94. The van der Waals surface area contributed by atoms with Crippen LogP contribution in [0, 0.1) is 0 Å². The summed E-state index contributed by atoms with van der Waals surface area (Å²) in [6, 6.07) is 7.89. The zero-order valence-electron chi connectivity index (χ0n) is 11.6. The van der Waals surface area contributed by atoms with Gasteiger partial charge in [0.1, 0.15) is 0 Å². The summed E-state index contributed by atoms with van der Waals surface area (Å²) in [5, 5.41) is 5.96. The van der Waals surface area contributed by atoms with Gasteiger partial charge in [-0.25, -0.2) is 0 Å². The Bertz CT molecular complexity index is 554. The third-order valence-electron chi connectivity index (χ3n) is 3.01. The lowest BCUT2D eigenvalue weighted by Crippen LogP contribution is -2.19. The molecule has 1 amide bonds. The monoisotopic (exact) mass is 270 g/mol. The van der Waals surface area contributed by atoms with E-state index in [-0.39, 0.29) is 11.9 Å². The highest BCUT2D eigenvalue weighted by Crippen LogP contribution is 2.17. The average molecular weight is 270 g/mol. The normalized spacial score (nSPS) is 11.7. The Morgan fingerprint density at radius 1 is 1.25 bits per heavy atom. The van der Waals surface area contributed by atoms with Crippen LogP contribution in [0.5, 0.6) is 0 Å². The molecule has 0 saturated heterocycles. The minimum Gasteiger partial charge on any atom is -0.377 e. The summed E-state index contributed by atoms with van der Waals surface area (Å²) in [7, 11) is 1.64. The van der Waals surface area contributed by atoms with Gasteiger partial charge in [-0.15, -0.1) is 0 Å². The number of anilines is 1. The number of nitrogens with zero attached hydrogens (tertiary/aromatic N) is 2. The zero-order chi connectivity index (χ0) is 14.4. The number of nitrogens with one attached hydrogen (secondary N) is 2. The number of amides is 1. The Kier molecular flexibility index (Phi) is 4.65. The number of carbonyl (C=O) groups excluding carboxylic acids is 1. The van der Waals surface area contributed by atoms with Gasteiger partial charge < -0.3 is 10.6 Å². The van der Waals surface area contributed by atoms with Gasteiger partial charge in [-0.1, -0.05) is 12.1 Å². The molecule has 104 valence electrons. The first kappa shape index (κ1) is 14.0. The van der Waals surface area contributed by atoms with Gasteiger partial charge in [0, 0.05) is 25.1 Å². The Balaban J connectivity index is 1.98. The number of carbonyl (C=O) groups is 1. The largest absolute Gasteiger partial charge is 0.377 e. The molecule has 0 bridgehead atoms. The van der Waals surface area contributed by atoms with Crippen LogP contribution in [0.25, 0.3) is 0 Å². The standard InChI is InChI=1S/C15H18N4O/c1-11(14-10-17-7-8-18-14)19-13-5-3-12(4-6-13)9-15(20)16-2/h3-8,10-11,19H,9H2,1-2H3,(H,16,20). The number of benzene rings is 1. The summed E-state index contributed by atoms with van der Waals surface area (Å²) in [6.07, 6.45) is 5.48. The Morgan fingerprint density at radius 2 is 2.00 bits per heavy atom. The molecular weight excluding hydrogens is 252 g/mol. The van der Waals surface area contributed by atoms with Crippen LogP contribution in [0.3, 0.4) is 0 Å². The van der Waals surface area contributed by atoms with Crippen molar-refractivity contribution in [3.05, 3.63) is 54.1 Å². The number of hydrogen-bond acceptors (Lipinski definition) is 4. The quantitative estimate of drug-likeness (QED) is 0.871. The molecule has 1 aromatic carbocycles. The van der Waals surface area contributed by atoms with Crippen LogP contribution >= 0.6 is 0 Å². The summed E-state index contributed by atoms with van der Waals surface area (Å²) in [4.78, 5) is 19.6. The molecule has 1 unspecified atom stereocenters. The fourth-order valence-electron chi connectivity index (χ4n) is 1.85. The first-order valence-corrected chi connectivity index (χ1v) is 6.51. The molecule has 5 nitrogen and oxygen atoms in total. The maximum atomic E-state index is 11.3. The molecule has 1 aromatic heterocycles. The van der Waals surface area contributed by atoms with Crippen molar-refractivity contribution >= 4 is 11.6 Å². The molecular formula is C15H18N4O. The van der Waals surface area contributed by atoms with Gasteiger partial charge in [0.25, 0.3) is 0 Å². The molecule has 2 N–H and O–H groups in total. The van der Waals surface area contributed by atoms with Crippen LogP contribution in [-0.2, 0) is 11.2 Å². The highest BCUT2D eigenvalue weighted by atomic mass is 16.1. The van der Waals surface area contributed by atoms with E-state index in [4.69, 9.17) is 0 Å². The molecule has 20 heavy (non-hydrogen) atoms. The van der Waals surface area contributed by atoms with Crippen LogP contribution in [-0.4, -0.2) is 22.9 Å². The molecule has 0 spiro atoms. The highest BCUT2D eigenvalue weighted by molar-refractivity contribution is 5.78. The zero-order valence-corrected chi connectivity index (χ0v) is 11.6. The third-order valence-corrected chi connectivity index (χ3v) is 3.01. The van der Waals surface area contributed by atoms with Gasteiger partial charge in [-0.2, -0.15) is 0 Å². The maximum Gasteiger partial charge on any atom is 0.224 e. The Morgan fingerprint density at radius 3 is 2.60 bits per heavy atom. The third kappa shape index (κ3) is 3.78. The van der Waals surface area contributed by atoms with Gasteiger partial charge >= 0.3 is 0 Å². The minimum absolute atomic E-state index is 0.0126. The number of likely N-dealkylation sites (N-methyl/N-ethyl adjacent to an activating group) is 1. The minimum atomic E-state index is 0.0126. The van der Waals surface area contributed by atoms with Gasteiger partial charge in [-0.3, -0.25) is 14.8 Å². The van der Waals surface area contributed by atoms with Crippen LogP contribution in [0.1, 0.15) is 24.2 Å². The molecule has 5 heteroatoms.